The van der Waals surface area contributed by atoms with E-state index in [1.807, 2.05) is 0 Å². The first-order valence-electron chi connectivity index (χ1n) is 8.91. The first kappa shape index (κ1) is 15.6. The summed E-state index contributed by atoms with van der Waals surface area (Å²) in [5.41, 5.74) is 0.193. The van der Waals surface area contributed by atoms with Gasteiger partial charge in [0.1, 0.15) is 4.90 Å². The molecule has 0 spiro atoms. The molecule has 1 heterocycles. The van der Waals surface area contributed by atoms with Gasteiger partial charge in [0.05, 0.1) is 6.20 Å². The first-order valence-corrected chi connectivity index (χ1v) is 10.4. The van der Waals surface area contributed by atoms with E-state index >= 15 is 0 Å². The van der Waals surface area contributed by atoms with E-state index in [0.717, 1.165) is 24.2 Å². The minimum atomic E-state index is -3.48. The van der Waals surface area contributed by atoms with Crippen LogP contribution in [0, 0.1) is 23.2 Å². The maximum absolute atomic E-state index is 12.7. The summed E-state index contributed by atoms with van der Waals surface area (Å²) >= 11 is 0. The number of nitrogens with zero attached hydrogens (tertiary/aromatic N) is 2. The van der Waals surface area contributed by atoms with E-state index in [1.54, 1.807) is 17.9 Å². The number of rotatable bonds is 5. The van der Waals surface area contributed by atoms with Gasteiger partial charge in [-0.2, -0.15) is 5.10 Å². The van der Waals surface area contributed by atoms with Crippen LogP contribution in [0.4, 0.5) is 0 Å². The molecule has 1 aromatic rings. The minimum absolute atomic E-state index is 0.0566. The standard InChI is InChI=1S/C17H27N3O2S/c1-3-16(19-23(21,22)15-10-18-20(2)11-15)17-7-12-4-13(8-17)6-14(5-12)9-17/h10-14,16,19H,3-9H2,1-2H3/t12?,13?,14?,16-,17?/m0/s1. The van der Waals surface area contributed by atoms with Crippen molar-refractivity contribution in [3.63, 3.8) is 0 Å². The number of hydrogen-bond acceptors (Lipinski definition) is 3. The molecule has 23 heavy (non-hydrogen) atoms. The maximum atomic E-state index is 12.7. The molecule has 4 aliphatic rings. The Labute approximate surface area is 138 Å². The molecular weight excluding hydrogens is 310 g/mol. The van der Waals surface area contributed by atoms with Gasteiger partial charge in [-0.1, -0.05) is 6.92 Å². The molecule has 6 heteroatoms. The van der Waals surface area contributed by atoms with Gasteiger partial charge in [0.2, 0.25) is 10.0 Å². The van der Waals surface area contributed by atoms with E-state index in [-0.39, 0.29) is 16.4 Å². The minimum Gasteiger partial charge on any atom is -0.274 e. The summed E-state index contributed by atoms with van der Waals surface area (Å²) in [6.45, 7) is 2.12. The quantitative estimate of drug-likeness (QED) is 0.898. The summed E-state index contributed by atoms with van der Waals surface area (Å²) in [4.78, 5) is 0.281. The molecule has 5 rings (SSSR count). The number of nitrogens with one attached hydrogen (secondary N) is 1. The molecule has 0 saturated heterocycles. The van der Waals surface area contributed by atoms with E-state index in [1.165, 1.54) is 44.7 Å². The van der Waals surface area contributed by atoms with E-state index in [4.69, 9.17) is 0 Å². The molecule has 4 aliphatic carbocycles. The Morgan fingerprint density at radius 1 is 1.26 bits per heavy atom. The van der Waals surface area contributed by atoms with E-state index in [2.05, 4.69) is 16.7 Å². The van der Waals surface area contributed by atoms with E-state index < -0.39 is 10.0 Å². The van der Waals surface area contributed by atoms with E-state index in [0.29, 0.717) is 0 Å². The lowest BCUT2D eigenvalue weighted by atomic mass is 9.47. The van der Waals surface area contributed by atoms with Crippen molar-refractivity contribution in [3.8, 4) is 0 Å². The van der Waals surface area contributed by atoms with Crippen LogP contribution in [-0.4, -0.2) is 24.2 Å². The molecule has 4 fully saturated rings. The number of sulfonamides is 1. The van der Waals surface area contributed by atoms with Crippen LogP contribution in [0.3, 0.4) is 0 Å². The van der Waals surface area contributed by atoms with Gasteiger partial charge in [-0.3, -0.25) is 4.68 Å². The van der Waals surface area contributed by atoms with E-state index in [9.17, 15) is 8.42 Å². The Morgan fingerprint density at radius 3 is 2.26 bits per heavy atom. The highest BCUT2D eigenvalue weighted by atomic mass is 32.2. The van der Waals surface area contributed by atoms with Crippen molar-refractivity contribution in [3.05, 3.63) is 12.4 Å². The Kier molecular flexibility index (Phi) is 3.61. The molecule has 5 nitrogen and oxygen atoms in total. The highest BCUT2D eigenvalue weighted by molar-refractivity contribution is 7.89. The van der Waals surface area contributed by atoms with Crippen LogP contribution >= 0.6 is 0 Å². The Morgan fingerprint density at radius 2 is 1.83 bits per heavy atom. The predicted octanol–water partition coefficient (Wildman–Crippen LogP) is 2.69. The van der Waals surface area contributed by atoms with Crippen LogP contribution in [0.5, 0.6) is 0 Å². The predicted molar refractivity (Wildman–Crippen MR) is 88.2 cm³/mol. The van der Waals surface area contributed by atoms with Crippen LogP contribution in [0.2, 0.25) is 0 Å². The van der Waals surface area contributed by atoms with Gasteiger partial charge >= 0.3 is 0 Å². The molecule has 1 atom stereocenters. The third kappa shape index (κ3) is 2.64. The van der Waals surface area contributed by atoms with Crippen LogP contribution in [0.1, 0.15) is 51.9 Å². The van der Waals surface area contributed by atoms with Gasteiger partial charge in [-0.05, 0) is 68.1 Å². The summed E-state index contributed by atoms with van der Waals surface area (Å²) in [6, 6.07) is 0.0566. The molecule has 0 aliphatic heterocycles. The maximum Gasteiger partial charge on any atom is 0.243 e. The molecular formula is C17H27N3O2S. The third-order valence-corrected chi connectivity index (χ3v) is 7.95. The largest absolute Gasteiger partial charge is 0.274 e. The van der Waals surface area contributed by atoms with Crippen molar-refractivity contribution in [2.45, 2.75) is 62.8 Å². The van der Waals surface area contributed by atoms with Crippen LogP contribution in [0.15, 0.2) is 17.3 Å². The van der Waals surface area contributed by atoms with Gasteiger partial charge in [-0.25, -0.2) is 13.1 Å². The zero-order valence-electron chi connectivity index (χ0n) is 14.0. The van der Waals surface area contributed by atoms with Gasteiger partial charge in [0.25, 0.3) is 0 Å². The highest BCUT2D eigenvalue weighted by Crippen LogP contribution is 2.61. The second-order valence-electron chi connectivity index (χ2n) is 8.21. The summed E-state index contributed by atoms with van der Waals surface area (Å²) in [5, 5.41) is 4.01. The van der Waals surface area contributed by atoms with Gasteiger partial charge in [0.15, 0.2) is 0 Å². The normalized spacial score (nSPS) is 37.2. The average Bonchev–Trinajstić information content (AvgIpc) is 2.91. The average molecular weight is 337 g/mol. The number of aromatic nitrogens is 2. The highest BCUT2D eigenvalue weighted by Gasteiger charge is 2.54. The zero-order valence-corrected chi connectivity index (χ0v) is 14.8. The second kappa shape index (κ2) is 5.31. The molecule has 4 bridgehead atoms. The SMILES string of the molecule is CC[C@H](NS(=O)(=O)c1cnn(C)c1)C12CC3CC(CC(C3)C1)C2. The molecule has 1 aromatic heterocycles. The Bertz CT molecular complexity index is 659. The van der Waals surface area contributed by atoms with Crippen LogP contribution in [-0.2, 0) is 17.1 Å². The van der Waals surface area contributed by atoms with Crippen molar-refractivity contribution in [2.24, 2.45) is 30.2 Å². The van der Waals surface area contributed by atoms with Crippen molar-refractivity contribution in [1.82, 2.24) is 14.5 Å². The Hall–Kier alpha value is -0.880. The lowest BCUT2D eigenvalue weighted by molar-refractivity contribution is -0.0704. The molecule has 0 unspecified atom stereocenters. The summed E-state index contributed by atoms with van der Waals surface area (Å²) in [7, 11) is -1.73. The molecule has 4 saturated carbocycles. The topological polar surface area (TPSA) is 64.0 Å². The lowest BCUT2D eigenvalue weighted by Gasteiger charge is -2.59. The van der Waals surface area contributed by atoms with Crippen molar-refractivity contribution >= 4 is 10.0 Å². The Balaban J connectivity index is 1.59. The zero-order chi connectivity index (χ0) is 16.2. The lowest BCUT2D eigenvalue weighted by Crippen LogP contribution is -2.56. The number of hydrogen-bond donors (Lipinski definition) is 1. The van der Waals surface area contributed by atoms with Crippen molar-refractivity contribution in [1.29, 1.82) is 0 Å². The van der Waals surface area contributed by atoms with Crippen LogP contribution < -0.4 is 4.72 Å². The number of aryl methyl sites for hydroxylation is 1. The van der Waals surface area contributed by atoms with Crippen LogP contribution in [0.25, 0.3) is 0 Å². The summed E-state index contributed by atoms with van der Waals surface area (Å²) in [6.07, 6.45) is 11.7. The monoisotopic (exact) mass is 337 g/mol. The van der Waals surface area contributed by atoms with Gasteiger partial charge in [0, 0.05) is 19.3 Å². The first-order chi connectivity index (χ1) is 10.9. The fourth-order valence-electron chi connectivity index (χ4n) is 6.04. The summed E-state index contributed by atoms with van der Waals surface area (Å²) in [5.74, 6) is 2.49. The molecule has 0 amide bonds. The van der Waals surface area contributed by atoms with Gasteiger partial charge in [-0.15, -0.1) is 0 Å². The van der Waals surface area contributed by atoms with Crippen molar-refractivity contribution < 1.29 is 8.42 Å². The second-order valence-corrected chi connectivity index (χ2v) is 9.93. The molecule has 128 valence electrons. The fourth-order valence-corrected chi connectivity index (χ4v) is 7.44. The van der Waals surface area contributed by atoms with Gasteiger partial charge < -0.3 is 0 Å². The summed E-state index contributed by atoms with van der Waals surface area (Å²) < 4.78 is 30.1. The third-order valence-electron chi connectivity index (χ3n) is 6.52. The fraction of sp³-hybridized carbons (Fsp3) is 0.824. The molecule has 0 aromatic carbocycles. The van der Waals surface area contributed by atoms with Crippen molar-refractivity contribution in [2.75, 3.05) is 0 Å². The smallest absolute Gasteiger partial charge is 0.243 e. The molecule has 1 N–H and O–H groups in total. The molecule has 0 radical (unpaired) electrons.